The third-order valence-electron chi connectivity index (χ3n) is 9.84. The predicted molar refractivity (Wildman–Crippen MR) is 165 cm³/mol. The Hall–Kier alpha value is -4.16. The van der Waals surface area contributed by atoms with Gasteiger partial charge in [-0.05, 0) is 48.4 Å². The van der Waals surface area contributed by atoms with E-state index in [0.29, 0.717) is 58.4 Å². The van der Waals surface area contributed by atoms with Crippen molar-refractivity contribution in [1.29, 1.82) is 0 Å². The third kappa shape index (κ3) is 5.59. The molecule has 12 nitrogen and oxygen atoms in total. The van der Waals surface area contributed by atoms with Gasteiger partial charge in [0.1, 0.15) is 0 Å². The van der Waals surface area contributed by atoms with Crippen molar-refractivity contribution in [1.82, 2.24) is 35.5 Å². The van der Waals surface area contributed by atoms with E-state index in [-0.39, 0.29) is 23.9 Å². The number of aromatic amines is 1. The topological polar surface area (TPSA) is 135 Å². The summed E-state index contributed by atoms with van der Waals surface area (Å²) in [7, 11) is 0. The summed E-state index contributed by atoms with van der Waals surface area (Å²) in [4.78, 5) is 45.4. The Bertz CT molecular complexity index is 1540. The Balaban J connectivity index is 0.990. The van der Waals surface area contributed by atoms with Gasteiger partial charge in [-0.3, -0.25) is 14.8 Å². The molecular formula is C32H40N8O4. The van der Waals surface area contributed by atoms with E-state index in [0.717, 1.165) is 66.1 Å². The van der Waals surface area contributed by atoms with Crippen LogP contribution >= 0.6 is 0 Å². The number of fused-ring (bicyclic) bond motifs is 5. The number of anilines is 1. The van der Waals surface area contributed by atoms with E-state index < -0.39 is 5.54 Å². The van der Waals surface area contributed by atoms with Gasteiger partial charge in [0.15, 0.2) is 0 Å². The Morgan fingerprint density at radius 2 is 1.86 bits per heavy atom. The van der Waals surface area contributed by atoms with Gasteiger partial charge in [0.05, 0.1) is 30.5 Å². The van der Waals surface area contributed by atoms with E-state index >= 15 is 0 Å². The van der Waals surface area contributed by atoms with Gasteiger partial charge in [-0.15, -0.1) is 0 Å². The van der Waals surface area contributed by atoms with E-state index in [1.807, 2.05) is 46.3 Å². The Labute approximate surface area is 256 Å². The van der Waals surface area contributed by atoms with Crippen molar-refractivity contribution in [3.05, 3.63) is 59.3 Å². The molecule has 0 unspecified atom stereocenters. The highest BCUT2D eigenvalue weighted by Gasteiger charge is 2.42. The summed E-state index contributed by atoms with van der Waals surface area (Å²) in [6.45, 7) is 6.88. The maximum absolute atomic E-state index is 13.6. The van der Waals surface area contributed by atoms with Gasteiger partial charge in [0.25, 0.3) is 0 Å². The first-order valence-electron chi connectivity index (χ1n) is 15.7. The maximum atomic E-state index is 13.6. The second-order valence-electron chi connectivity index (χ2n) is 12.3. The molecule has 232 valence electrons. The fraction of sp³-hybridized carbons (Fsp3) is 0.500. The minimum Gasteiger partial charge on any atom is -0.379 e. The molecule has 4 N–H and O–H groups in total. The highest BCUT2D eigenvalue weighted by molar-refractivity contribution is 5.94. The minimum atomic E-state index is -0.466. The summed E-state index contributed by atoms with van der Waals surface area (Å²) in [5, 5.41) is 17.5. The first kappa shape index (κ1) is 28.6. The zero-order valence-corrected chi connectivity index (χ0v) is 24.9. The Morgan fingerprint density at radius 1 is 1.05 bits per heavy atom. The van der Waals surface area contributed by atoms with Crippen LogP contribution in [0.15, 0.2) is 42.6 Å². The molecule has 44 heavy (non-hydrogen) atoms. The van der Waals surface area contributed by atoms with Crippen LogP contribution in [0.1, 0.15) is 48.3 Å². The molecule has 1 aromatic heterocycles. The number of hydrogen-bond donors (Lipinski definition) is 4. The zero-order chi connectivity index (χ0) is 30.1. The molecule has 1 spiro atoms. The van der Waals surface area contributed by atoms with Crippen LogP contribution in [-0.4, -0.2) is 102 Å². The number of benzene rings is 2. The molecule has 2 fully saturated rings. The molecule has 7 rings (SSSR count). The van der Waals surface area contributed by atoms with Crippen molar-refractivity contribution in [3.63, 3.8) is 0 Å². The lowest BCUT2D eigenvalue weighted by Crippen LogP contribution is -2.58. The number of carbonyl (C=O) groups is 3. The number of ether oxygens (including phenoxy) is 1. The van der Waals surface area contributed by atoms with Crippen molar-refractivity contribution in [3.8, 4) is 0 Å². The van der Waals surface area contributed by atoms with Crippen LogP contribution in [-0.2, 0) is 21.6 Å². The quantitative estimate of drug-likeness (QED) is 0.344. The van der Waals surface area contributed by atoms with Crippen LogP contribution in [0, 0.1) is 0 Å². The van der Waals surface area contributed by atoms with Gasteiger partial charge >= 0.3 is 12.1 Å². The molecule has 2 saturated heterocycles. The van der Waals surface area contributed by atoms with Crippen LogP contribution < -0.4 is 16.0 Å². The number of para-hydroxylation sites is 1. The fourth-order valence-electron chi connectivity index (χ4n) is 7.33. The van der Waals surface area contributed by atoms with E-state index in [1.54, 1.807) is 0 Å². The second kappa shape index (κ2) is 12.1. The number of aromatic nitrogens is 2. The number of carbonyl (C=O) groups excluding carboxylic acids is 3. The first-order chi connectivity index (χ1) is 21.5. The molecule has 4 aliphatic heterocycles. The smallest absolute Gasteiger partial charge is 0.319 e. The second-order valence-corrected chi connectivity index (χ2v) is 12.3. The van der Waals surface area contributed by atoms with E-state index in [4.69, 9.17) is 4.74 Å². The SMILES string of the molecule is O=C1Nc2ccccc2C2(CCN(C(=O)NCC[C@H]3CC(=O)N(CCN4CCOCC4)Cc4c3ccc3[nH]ncc43)CC2)N1. The van der Waals surface area contributed by atoms with E-state index in [1.165, 1.54) is 0 Å². The highest BCUT2D eigenvalue weighted by Crippen LogP contribution is 2.40. The Kier molecular flexibility index (Phi) is 7.85. The number of nitrogens with zero attached hydrogens (tertiary/aromatic N) is 4. The number of morpholine rings is 1. The number of nitrogens with one attached hydrogen (secondary N) is 4. The minimum absolute atomic E-state index is 0.00318. The molecule has 2 aromatic carbocycles. The molecule has 1 atom stereocenters. The number of likely N-dealkylation sites (tertiary alicyclic amines) is 1. The number of H-pyrrole nitrogens is 1. The average molecular weight is 601 g/mol. The largest absolute Gasteiger partial charge is 0.379 e. The number of urea groups is 2. The van der Waals surface area contributed by atoms with Gasteiger partial charge in [0, 0.05) is 75.4 Å². The lowest BCUT2D eigenvalue weighted by molar-refractivity contribution is -0.132. The van der Waals surface area contributed by atoms with Crippen LogP contribution in [0.2, 0.25) is 0 Å². The standard InChI is InChI=1S/C32H40N8O4/c41-29-19-22(23-5-6-27-24(20-34-37-27)25(23)21-40(29)14-13-38-15-17-44-18-16-38)7-10-33-31(43)39-11-8-32(9-12-39)26-3-1-2-4-28(26)35-30(42)36-32/h1-6,20,22H,7-19,21H2,(H,33,43)(H,34,37)(H2,35,36,42)/t22-/m0/s1. The molecule has 5 amide bonds. The zero-order valence-electron chi connectivity index (χ0n) is 24.9. The van der Waals surface area contributed by atoms with Gasteiger partial charge in [-0.25, -0.2) is 9.59 Å². The third-order valence-corrected chi connectivity index (χ3v) is 9.84. The van der Waals surface area contributed by atoms with Gasteiger partial charge in [-0.2, -0.15) is 5.10 Å². The molecule has 0 aliphatic carbocycles. The summed E-state index contributed by atoms with van der Waals surface area (Å²) < 4.78 is 5.49. The molecule has 3 aromatic rings. The fourth-order valence-corrected chi connectivity index (χ4v) is 7.33. The van der Waals surface area contributed by atoms with Crippen molar-refractivity contribution in [2.45, 2.75) is 43.7 Å². The number of rotatable bonds is 6. The molecule has 0 radical (unpaired) electrons. The molecular weight excluding hydrogens is 560 g/mol. The van der Waals surface area contributed by atoms with Crippen molar-refractivity contribution in [2.75, 3.05) is 64.3 Å². The molecule has 0 saturated carbocycles. The number of hydrogen-bond acceptors (Lipinski definition) is 6. The molecule has 4 aliphatic rings. The summed E-state index contributed by atoms with van der Waals surface area (Å²) in [5.41, 5.74) is 4.71. The number of piperidine rings is 1. The normalized spacial score (nSPS) is 21.8. The van der Waals surface area contributed by atoms with Gasteiger partial charge < -0.3 is 30.5 Å². The Morgan fingerprint density at radius 3 is 2.70 bits per heavy atom. The molecule has 5 heterocycles. The lowest BCUT2D eigenvalue weighted by atomic mass is 9.79. The summed E-state index contributed by atoms with van der Waals surface area (Å²) in [6, 6.07) is 11.7. The predicted octanol–water partition coefficient (Wildman–Crippen LogP) is 2.94. The van der Waals surface area contributed by atoms with Crippen molar-refractivity contribution < 1.29 is 19.1 Å². The van der Waals surface area contributed by atoms with Crippen molar-refractivity contribution >= 4 is 34.6 Å². The lowest BCUT2D eigenvalue weighted by Gasteiger charge is -2.45. The van der Waals surface area contributed by atoms with Crippen LogP contribution in [0.3, 0.4) is 0 Å². The monoisotopic (exact) mass is 600 g/mol. The van der Waals surface area contributed by atoms with Gasteiger partial charge in [-0.1, -0.05) is 24.3 Å². The summed E-state index contributed by atoms with van der Waals surface area (Å²) >= 11 is 0. The van der Waals surface area contributed by atoms with Crippen LogP contribution in [0.4, 0.5) is 15.3 Å². The van der Waals surface area contributed by atoms with E-state index in [9.17, 15) is 14.4 Å². The van der Waals surface area contributed by atoms with Crippen LogP contribution in [0.25, 0.3) is 10.9 Å². The highest BCUT2D eigenvalue weighted by atomic mass is 16.5. The van der Waals surface area contributed by atoms with Gasteiger partial charge in [0.2, 0.25) is 5.91 Å². The van der Waals surface area contributed by atoms with E-state index in [2.05, 4.69) is 37.1 Å². The van der Waals surface area contributed by atoms with Crippen molar-refractivity contribution in [2.24, 2.45) is 0 Å². The first-order valence-corrected chi connectivity index (χ1v) is 15.7. The van der Waals surface area contributed by atoms with Crippen LogP contribution in [0.5, 0.6) is 0 Å². The molecule has 0 bridgehead atoms. The summed E-state index contributed by atoms with van der Waals surface area (Å²) in [6.07, 6.45) is 4.23. The molecule has 12 heteroatoms. The summed E-state index contributed by atoms with van der Waals surface area (Å²) in [5.74, 6) is 0.143. The number of amides is 5. The average Bonchev–Trinajstić information content (AvgIpc) is 3.48. The maximum Gasteiger partial charge on any atom is 0.319 e.